The molecule has 0 unspecified atom stereocenters. The van der Waals surface area contributed by atoms with Gasteiger partial charge in [-0.15, -0.1) is 0 Å². The molecule has 1 aromatic rings. The highest BCUT2D eigenvalue weighted by molar-refractivity contribution is 5.36. The predicted molar refractivity (Wildman–Crippen MR) is 61.6 cm³/mol. The molecule has 0 fully saturated rings. The third-order valence-electron chi connectivity index (χ3n) is 3.34. The Labute approximate surface area is 87.3 Å². The van der Waals surface area contributed by atoms with Gasteiger partial charge in [0.25, 0.3) is 0 Å². The maximum absolute atomic E-state index is 2.38. The molecular formula is C14H20. The van der Waals surface area contributed by atoms with Crippen LogP contribution in [0.25, 0.3) is 0 Å². The fourth-order valence-electron chi connectivity index (χ4n) is 3.20. The van der Waals surface area contributed by atoms with Gasteiger partial charge in [-0.25, -0.2) is 0 Å². The summed E-state index contributed by atoms with van der Waals surface area (Å²) in [5, 5.41) is 0. The lowest BCUT2D eigenvalue weighted by molar-refractivity contribution is 0.231. The molecule has 0 aliphatic heterocycles. The Morgan fingerprint density at radius 3 is 2.36 bits per heavy atom. The summed E-state index contributed by atoms with van der Waals surface area (Å²) in [4.78, 5) is 0. The van der Waals surface area contributed by atoms with Gasteiger partial charge < -0.3 is 0 Å². The molecule has 0 saturated carbocycles. The Kier molecular flexibility index (Phi) is 1.99. The van der Waals surface area contributed by atoms with Crippen LogP contribution in [0.4, 0.5) is 0 Å². The molecule has 1 aliphatic rings. The molecule has 14 heavy (non-hydrogen) atoms. The van der Waals surface area contributed by atoms with Crippen LogP contribution >= 0.6 is 0 Å². The number of rotatable bonds is 0. The van der Waals surface area contributed by atoms with Gasteiger partial charge >= 0.3 is 0 Å². The van der Waals surface area contributed by atoms with Crippen molar-refractivity contribution in [2.75, 3.05) is 0 Å². The molecular weight excluding hydrogens is 168 g/mol. The summed E-state index contributed by atoms with van der Waals surface area (Å²) in [5.74, 6) is 0. The van der Waals surface area contributed by atoms with Crippen molar-refractivity contribution < 1.29 is 0 Å². The van der Waals surface area contributed by atoms with E-state index in [9.17, 15) is 0 Å². The highest BCUT2D eigenvalue weighted by Crippen LogP contribution is 2.45. The lowest BCUT2D eigenvalue weighted by Crippen LogP contribution is -2.34. The molecule has 0 nitrogen and oxygen atoms in total. The fourth-order valence-corrected chi connectivity index (χ4v) is 3.20. The third kappa shape index (κ3) is 1.58. The van der Waals surface area contributed by atoms with Gasteiger partial charge in [0.1, 0.15) is 0 Å². The Bertz CT molecular complexity index is 345. The molecule has 76 valence electrons. The average molecular weight is 188 g/mol. The van der Waals surface area contributed by atoms with Crippen molar-refractivity contribution in [3.63, 3.8) is 0 Å². The van der Waals surface area contributed by atoms with E-state index in [2.05, 4.69) is 52.0 Å². The quantitative estimate of drug-likeness (QED) is 0.578. The summed E-state index contributed by atoms with van der Waals surface area (Å²) >= 11 is 0. The first-order valence-electron chi connectivity index (χ1n) is 5.49. The van der Waals surface area contributed by atoms with E-state index in [1.54, 1.807) is 11.1 Å². The second-order valence-electron chi connectivity index (χ2n) is 6.06. The lowest BCUT2D eigenvalue weighted by atomic mass is 9.63. The zero-order chi connectivity index (χ0) is 10.4. The fraction of sp³-hybridized carbons (Fsp3) is 0.571. The van der Waals surface area contributed by atoms with Crippen LogP contribution < -0.4 is 0 Å². The minimum Gasteiger partial charge on any atom is -0.0620 e. The monoisotopic (exact) mass is 188 g/mol. The summed E-state index contributed by atoms with van der Waals surface area (Å²) in [7, 11) is 0. The molecule has 0 heteroatoms. The van der Waals surface area contributed by atoms with Crippen molar-refractivity contribution >= 4 is 0 Å². The molecule has 1 aliphatic carbocycles. The van der Waals surface area contributed by atoms with Crippen molar-refractivity contribution in [3.05, 3.63) is 35.4 Å². The Hall–Kier alpha value is -0.780. The summed E-state index contributed by atoms with van der Waals surface area (Å²) < 4.78 is 0. The molecule has 0 heterocycles. The summed E-state index contributed by atoms with van der Waals surface area (Å²) in [6.07, 6.45) is 2.52. The van der Waals surface area contributed by atoms with Crippen LogP contribution in [0.5, 0.6) is 0 Å². The van der Waals surface area contributed by atoms with Gasteiger partial charge in [0.05, 0.1) is 0 Å². The summed E-state index contributed by atoms with van der Waals surface area (Å²) in [5.41, 5.74) is 3.91. The van der Waals surface area contributed by atoms with Crippen LogP contribution in [0.3, 0.4) is 0 Å². The van der Waals surface area contributed by atoms with Crippen LogP contribution in [-0.2, 0) is 11.8 Å². The van der Waals surface area contributed by atoms with Gasteiger partial charge in [-0.2, -0.15) is 0 Å². The molecule has 0 atom stereocenters. The van der Waals surface area contributed by atoms with E-state index in [4.69, 9.17) is 0 Å². The highest BCUT2D eigenvalue weighted by atomic mass is 14.4. The van der Waals surface area contributed by atoms with Crippen LogP contribution in [0, 0.1) is 5.41 Å². The Morgan fingerprint density at radius 2 is 1.64 bits per heavy atom. The first-order valence-corrected chi connectivity index (χ1v) is 5.49. The van der Waals surface area contributed by atoms with E-state index < -0.39 is 0 Å². The normalized spacial score (nSPS) is 22.9. The van der Waals surface area contributed by atoms with Gasteiger partial charge in [0.15, 0.2) is 0 Å². The van der Waals surface area contributed by atoms with Crippen LogP contribution in [0.15, 0.2) is 24.3 Å². The van der Waals surface area contributed by atoms with Crippen LogP contribution in [-0.4, -0.2) is 0 Å². The van der Waals surface area contributed by atoms with Gasteiger partial charge in [-0.05, 0) is 34.8 Å². The van der Waals surface area contributed by atoms with E-state index in [0.717, 1.165) is 0 Å². The van der Waals surface area contributed by atoms with Crippen molar-refractivity contribution in [2.45, 2.75) is 46.0 Å². The Morgan fingerprint density at radius 1 is 1.00 bits per heavy atom. The topological polar surface area (TPSA) is 0 Å². The van der Waals surface area contributed by atoms with E-state index in [1.165, 1.54) is 12.8 Å². The molecule has 1 aromatic carbocycles. The molecule has 0 saturated heterocycles. The highest BCUT2D eigenvalue weighted by Gasteiger charge is 2.36. The molecule has 0 N–H and O–H groups in total. The van der Waals surface area contributed by atoms with E-state index in [-0.39, 0.29) is 0 Å². The van der Waals surface area contributed by atoms with E-state index >= 15 is 0 Å². The number of hydrogen-bond acceptors (Lipinski definition) is 0. The van der Waals surface area contributed by atoms with Gasteiger partial charge in [-0.3, -0.25) is 0 Å². The molecule has 0 amide bonds. The second-order valence-corrected chi connectivity index (χ2v) is 6.06. The first kappa shape index (κ1) is 9.76. The van der Waals surface area contributed by atoms with E-state index in [0.29, 0.717) is 10.8 Å². The molecule has 0 radical (unpaired) electrons. The lowest BCUT2D eigenvalue weighted by Gasteiger charge is -2.42. The minimum atomic E-state index is 0.346. The number of hydrogen-bond donors (Lipinski definition) is 0. The predicted octanol–water partition coefficient (Wildman–Crippen LogP) is 3.94. The maximum atomic E-state index is 2.38. The maximum Gasteiger partial charge on any atom is -0.00956 e. The van der Waals surface area contributed by atoms with Gasteiger partial charge in [0, 0.05) is 0 Å². The Balaban J connectivity index is 2.52. The van der Waals surface area contributed by atoms with Crippen molar-refractivity contribution in [1.82, 2.24) is 0 Å². The standard InChI is InChI=1S/C14H20/c1-13(2)9-11-7-5-6-8-12(11)14(3,4)10-13/h5-8H,9-10H2,1-4H3. The molecule has 0 aromatic heterocycles. The minimum absolute atomic E-state index is 0.346. The van der Waals surface area contributed by atoms with Crippen molar-refractivity contribution in [2.24, 2.45) is 5.41 Å². The summed E-state index contributed by atoms with van der Waals surface area (Å²) in [6, 6.07) is 8.91. The van der Waals surface area contributed by atoms with Crippen LogP contribution in [0.2, 0.25) is 0 Å². The smallest absolute Gasteiger partial charge is 0.00956 e. The van der Waals surface area contributed by atoms with Gasteiger partial charge in [0.2, 0.25) is 0 Å². The van der Waals surface area contributed by atoms with Gasteiger partial charge in [-0.1, -0.05) is 52.0 Å². The third-order valence-corrected chi connectivity index (χ3v) is 3.34. The number of fused-ring (bicyclic) bond motifs is 1. The van der Waals surface area contributed by atoms with Crippen molar-refractivity contribution in [1.29, 1.82) is 0 Å². The largest absolute Gasteiger partial charge is 0.0620 e. The molecule has 0 bridgehead atoms. The summed E-state index contributed by atoms with van der Waals surface area (Å²) in [6.45, 7) is 9.49. The van der Waals surface area contributed by atoms with Crippen LogP contribution in [0.1, 0.15) is 45.2 Å². The molecule has 2 rings (SSSR count). The molecule has 0 spiro atoms. The SMILES string of the molecule is CC1(C)Cc2ccccc2C(C)(C)C1. The zero-order valence-electron chi connectivity index (χ0n) is 9.72. The number of benzene rings is 1. The van der Waals surface area contributed by atoms with Crippen molar-refractivity contribution in [3.8, 4) is 0 Å². The first-order chi connectivity index (χ1) is 6.41. The average Bonchev–Trinajstić information content (AvgIpc) is 2.00. The van der Waals surface area contributed by atoms with E-state index in [1.807, 2.05) is 0 Å². The second kappa shape index (κ2) is 2.85. The zero-order valence-corrected chi connectivity index (χ0v) is 9.72.